The maximum Gasteiger partial charge on any atom is 0.170 e. The van der Waals surface area contributed by atoms with Crippen LogP contribution in [0.5, 0.6) is 17.2 Å². The molecule has 2 aromatic carbocycles. The van der Waals surface area contributed by atoms with Crippen molar-refractivity contribution in [2.75, 3.05) is 14.2 Å². The van der Waals surface area contributed by atoms with E-state index in [0.29, 0.717) is 17.1 Å². The first-order valence-corrected chi connectivity index (χ1v) is 8.63. The third-order valence-corrected chi connectivity index (χ3v) is 4.63. The maximum absolute atomic E-state index is 13.0. The van der Waals surface area contributed by atoms with Gasteiger partial charge in [0.05, 0.1) is 14.2 Å². The highest BCUT2D eigenvalue weighted by Gasteiger charge is 2.24. The van der Waals surface area contributed by atoms with Crippen LogP contribution in [-0.2, 0) is 0 Å². The summed E-state index contributed by atoms with van der Waals surface area (Å²) in [5.74, 6) is 1.83. The Morgan fingerprint density at radius 2 is 1.77 bits per heavy atom. The molecule has 0 saturated heterocycles. The maximum atomic E-state index is 13.0. The summed E-state index contributed by atoms with van der Waals surface area (Å²) < 4.78 is 16.5. The Kier molecular flexibility index (Phi) is 4.77. The summed E-state index contributed by atoms with van der Waals surface area (Å²) in [5, 5.41) is 0. The van der Waals surface area contributed by atoms with Gasteiger partial charge in [-0.1, -0.05) is 19.1 Å². The molecule has 4 nitrogen and oxygen atoms in total. The molecular formula is C22H24O4. The predicted octanol–water partition coefficient (Wildman–Crippen LogP) is 4.87. The van der Waals surface area contributed by atoms with Gasteiger partial charge in [0.15, 0.2) is 17.3 Å². The Morgan fingerprint density at radius 1 is 1.04 bits per heavy atom. The van der Waals surface area contributed by atoms with Crippen LogP contribution in [0.1, 0.15) is 48.2 Å². The summed E-state index contributed by atoms with van der Waals surface area (Å²) in [6.45, 7) is 5.91. The number of methoxy groups -OCH3 is 2. The van der Waals surface area contributed by atoms with Crippen molar-refractivity contribution < 1.29 is 19.0 Å². The zero-order valence-electron chi connectivity index (χ0n) is 15.8. The topological polar surface area (TPSA) is 44.8 Å². The summed E-state index contributed by atoms with van der Waals surface area (Å²) in [7, 11) is 3.18. The van der Waals surface area contributed by atoms with E-state index in [1.807, 2.05) is 69.3 Å². The van der Waals surface area contributed by atoms with Crippen LogP contribution in [0.3, 0.4) is 0 Å². The van der Waals surface area contributed by atoms with E-state index in [0.717, 1.165) is 16.9 Å². The zero-order chi connectivity index (χ0) is 18.9. The van der Waals surface area contributed by atoms with Crippen molar-refractivity contribution in [1.29, 1.82) is 0 Å². The zero-order valence-corrected chi connectivity index (χ0v) is 15.8. The van der Waals surface area contributed by atoms with E-state index in [4.69, 9.17) is 14.2 Å². The number of fused-ring (bicyclic) bond motifs is 1. The Balaban J connectivity index is 1.88. The van der Waals surface area contributed by atoms with E-state index in [-0.39, 0.29) is 17.3 Å². The van der Waals surface area contributed by atoms with E-state index < -0.39 is 0 Å². The summed E-state index contributed by atoms with van der Waals surface area (Å²) in [6, 6.07) is 11.2. The minimum atomic E-state index is -0.328. The molecule has 0 aromatic heterocycles. The smallest absolute Gasteiger partial charge is 0.170 e. The highest BCUT2D eigenvalue weighted by molar-refractivity contribution is 6.01. The van der Waals surface area contributed by atoms with E-state index in [1.165, 1.54) is 0 Å². The van der Waals surface area contributed by atoms with Gasteiger partial charge in [-0.3, -0.25) is 4.79 Å². The van der Waals surface area contributed by atoms with Crippen molar-refractivity contribution in [2.24, 2.45) is 0 Å². The number of rotatable bonds is 5. The Bertz CT molecular complexity index is 864. The van der Waals surface area contributed by atoms with Crippen LogP contribution in [0.4, 0.5) is 0 Å². The molecule has 0 spiro atoms. The van der Waals surface area contributed by atoms with Gasteiger partial charge in [-0.05, 0) is 55.8 Å². The average molecular weight is 352 g/mol. The first-order valence-electron chi connectivity index (χ1n) is 8.63. The van der Waals surface area contributed by atoms with E-state index in [1.54, 1.807) is 14.2 Å². The van der Waals surface area contributed by atoms with Gasteiger partial charge in [-0.2, -0.15) is 0 Å². The van der Waals surface area contributed by atoms with Gasteiger partial charge in [0.2, 0.25) is 0 Å². The molecule has 0 radical (unpaired) electrons. The highest BCUT2D eigenvalue weighted by atomic mass is 16.5. The van der Waals surface area contributed by atoms with Crippen LogP contribution in [-0.4, -0.2) is 25.6 Å². The number of Topliss-reactive ketones (excluding diaryl/α,β-unsaturated/α-hetero) is 1. The Hall–Kier alpha value is -2.75. The van der Waals surface area contributed by atoms with E-state index in [9.17, 15) is 4.79 Å². The molecule has 0 aliphatic carbocycles. The SMILES string of the molecule is COc1ccc(C(C)C(=O)c2ccc3c(c2)C=CC(C)(C)O3)cc1OC. The first kappa shape index (κ1) is 18.1. The minimum Gasteiger partial charge on any atom is -0.493 e. The second-order valence-corrected chi connectivity index (χ2v) is 6.99. The van der Waals surface area contributed by atoms with Gasteiger partial charge < -0.3 is 14.2 Å². The number of ether oxygens (including phenoxy) is 3. The molecule has 26 heavy (non-hydrogen) atoms. The third-order valence-electron chi connectivity index (χ3n) is 4.63. The summed E-state index contributed by atoms with van der Waals surface area (Å²) >= 11 is 0. The average Bonchev–Trinajstić information content (AvgIpc) is 2.65. The lowest BCUT2D eigenvalue weighted by molar-refractivity contribution is 0.0966. The van der Waals surface area contributed by atoms with Crippen molar-refractivity contribution >= 4 is 11.9 Å². The molecule has 1 aliphatic rings. The number of carbonyl (C=O) groups excluding carboxylic acids is 1. The van der Waals surface area contributed by atoms with Crippen molar-refractivity contribution in [3.8, 4) is 17.2 Å². The van der Waals surface area contributed by atoms with Crippen molar-refractivity contribution in [3.63, 3.8) is 0 Å². The van der Waals surface area contributed by atoms with Crippen LogP contribution in [0.2, 0.25) is 0 Å². The summed E-state index contributed by atoms with van der Waals surface area (Å²) in [5.41, 5.74) is 2.15. The number of benzene rings is 2. The minimum absolute atomic E-state index is 0.0539. The molecule has 4 heteroatoms. The molecule has 1 atom stereocenters. The fraction of sp³-hybridized carbons (Fsp3) is 0.318. The largest absolute Gasteiger partial charge is 0.493 e. The molecule has 0 saturated carbocycles. The molecule has 1 unspecified atom stereocenters. The van der Waals surface area contributed by atoms with Gasteiger partial charge in [-0.25, -0.2) is 0 Å². The van der Waals surface area contributed by atoms with Crippen LogP contribution < -0.4 is 14.2 Å². The van der Waals surface area contributed by atoms with Crippen molar-refractivity contribution in [2.45, 2.75) is 32.3 Å². The van der Waals surface area contributed by atoms with Crippen LogP contribution in [0.15, 0.2) is 42.5 Å². The van der Waals surface area contributed by atoms with Crippen LogP contribution in [0.25, 0.3) is 6.08 Å². The van der Waals surface area contributed by atoms with Gasteiger partial charge >= 0.3 is 0 Å². The Morgan fingerprint density at radius 3 is 2.46 bits per heavy atom. The lowest BCUT2D eigenvalue weighted by Gasteiger charge is -2.28. The molecule has 0 bridgehead atoms. The van der Waals surface area contributed by atoms with E-state index >= 15 is 0 Å². The molecular weight excluding hydrogens is 328 g/mol. The van der Waals surface area contributed by atoms with Gasteiger partial charge in [0.25, 0.3) is 0 Å². The normalized spacial score (nSPS) is 15.6. The van der Waals surface area contributed by atoms with Crippen LogP contribution in [0, 0.1) is 0 Å². The monoisotopic (exact) mass is 352 g/mol. The van der Waals surface area contributed by atoms with Gasteiger partial charge in [0, 0.05) is 17.0 Å². The number of ketones is 1. The third kappa shape index (κ3) is 3.45. The molecule has 0 amide bonds. The predicted molar refractivity (Wildman–Crippen MR) is 102 cm³/mol. The number of hydrogen-bond acceptors (Lipinski definition) is 4. The second-order valence-electron chi connectivity index (χ2n) is 6.99. The second kappa shape index (κ2) is 6.87. The van der Waals surface area contributed by atoms with Crippen LogP contribution >= 0.6 is 0 Å². The highest BCUT2D eigenvalue weighted by Crippen LogP contribution is 2.34. The molecule has 0 N–H and O–H groups in total. The fourth-order valence-electron chi connectivity index (χ4n) is 3.06. The molecule has 2 aromatic rings. The fourth-order valence-corrected chi connectivity index (χ4v) is 3.06. The lowest BCUT2D eigenvalue weighted by atomic mass is 9.90. The summed E-state index contributed by atoms with van der Waals surface area (Å²) in [4.78, 5) is 13.0. The molecule has 3 rings (SSSR count). The van der Waals surface area contributed by atoms with Crippen molar-refractivity contribution in [3.05, 3.63) is 59.2 Å². The molecule has 0 fully saturated rings. The quantitative estimate of drug-likeness (QED) is 0.720. The summed E-state index contributed by atoms with van der Waals surface area (Å²) in [6.07, 6.45) is 4.01. The Labute approximate surface area is 154 Å². The van der Waals surface area contributed by atoms with Gasteiger partial charge in [-0.15, -0.1) is 0 Å². The molecule has 136 valence electrons. The number of carbonyl (C=O) groups is 1. The first-order chi connectivity index (χ1) is 12.3. The lowest BCUT2D eigenvalue weighted by Crippen LogP contribution is -2.27. The van der Waals surface area contributed by atoms with Crippen molar-refractivity contribution in [1.82, 2.24) is 0 Å². The van der Waals surface area contributed by atoms with E-state index in [2.05, 4.69) is 0 Å². The molecule has 1 heterocycles. The standard InChI is InChI=1S/C22H24O4/c1-14(15-6-9-19(24-4)20(13-15)25-5)21(23)17-7-8-18-16(12-17)10-11-22(2,3)26-18/h6-14H,1-5H3. The number of hydrogen-bond donors (Lipinski definition) is 0. The van der Waals surface area contributed by atoms with Gasteiger partial charge in [0.1, 0.15) is 11.4 Å². The molecule has 1 aliphatic heterocycles.